The van der Waals surface area contributed by atoms with Gasteiger partial charge in [0.1, 0.15) is 11.4 Å². The largest absolute Gasteiger partial charge is 0.370 e. The number of carbonyl (C=O) groups excluding carboxylic acids is 1. The van der Waals surface area contributed by atoms with Gasteiger partial charge >= 0.3 is 5.69 Å². The molecular formula is C11H17N5O3. The molecule has 1 aromatic carbocycles. The third-order valence-electron chi connectivity index (χ3n) is 2.26. The summed E-state index contributed by atoms with van der Waals surface area (Å²) in [7, 11) is 0. The smallest absolute Gasteiger partial charge is 0.316 e. The van der Waals surface area contributed by atoms with Gasteiger partial charge in [0.15, 0.2) is 0 Å². The molecule has 1 amide bonds. The maximum Gasteiger partial charge on any atom is 0.316 e. The second-order valence-corrected chi connectivity index (χ2v) is 4.18. The molecule has 8 heteroatoms. The minimum Gasteiger partial charge on any atom is -0.370 e. The summed E-state index contributed by atoms with van der Waals surface area (Å²) >= 11 is 0. The Hall–Kier alpha value is -2.35. The van der Waals surface area contributed by atoms with Crippen molar-refractivity contribution in [2.24, 2.45) is 5.84 Å². The topological polar surface area (TPSA) is 122 Å². The highest BCUT2D eigenvalue weighted by molar-refractivity contribution is 5.83. The lowest BCUT2D eigenvalue weighted by molar-refractivity contribution is -0.383. The van der Waals surface area contributed by atoms with Gasteiger partial charge in [0.05, 0.1) is 11.5 Å². The number of amides is 1. The SMILES string of the molecule is CC(C)NC(=O)CNc1cccc(NN)c1[N+](=O)[O-]. The molecule has 0 aliphatic rings. The number of para-hydroxylation sites is 1. The molecule has 1 aromatic rings. The first-order chi connectivity index (χ1) is 8.95. The Balaban J connectivity index is 2.84. The molecule has 0 aromatic heterocycles. The second-order valence-electron chi connectivity index (χ2n) is 4.18. The highest BCUT2D eigenvalue weighted by Crippen LogP contribution is 2.31. The van der Waals surface area contributed by atoms with E-state index in [1.165, 1.54) is 12.1 Å². The number of anilines is 2. The summed E-state index contributed by atoms with van der Waals surface area (Å²) in [6, 6.07) is 4.62. The van der Waals surface area contributed by atoms with Crippen LogP contribution < -0.4 is 21.9 Å². The molecule has 0 saturated heterocycles. The number of nitrogen functional groups attached to an aromatic ring is 1. The van der Waals surface area contributed by atoms with E-state index in [2.05, 4.69) is 16.1 Å². The fraction of sp³-hybridized carbons (Fsp3) is 0.364. The van der Waals surface area contributed by atoms with Crippen LogP contribution in [0.25, 0.3) is 0 Å². The third kappa shape index (κ3) is 4.11. The lowest BCUT2D eigenvalue weighted by Gasteiger charge is -2.11. The van der Waals surface area contributed by atoms with Crippen molar-refractivity contribution in [2.75, 3.05) is 17.3 Å². The minimum atomic E-state index is -0.558. The number of hydrogen-bond donors (Lipinski definition) is 4. The number of benzene rings is 1. The Morgan fingerprint density at radius 2 is 2.05 bits per heavy atom. The summed E-state index contributed by atoms with van der Waals surface area (Å²) in [5.41, 5.74) is 2.48. The van der Waals surface area contributed by atoms with Crippen LogP contribution in [0.1, 0.15) is 13.8 Å². The van der Waals surface area contributed by atoms with Crippen molar-refractivity contribution in [2.45, 2.75) is 19.9 Å². The van der Waals surface area contributed by atoms with E-state index < -0.39 is 4.92 Å². The molecule has 0 aliphatic carbocycles. The molecule has 19 heavy (non-hydrogen) atoms. The first-order valence-electron chi connectivity index (χ1n) is 5.73. The lowest BCUT2D eigenvalue weighted by Crippen LogP contribution is -2.34. The van der Waals surface area contributed by atoms with E-state index in [1.807, 2.05) is 13.8 Å². The lowest BCUT2D eigenvalue weighted by atomic mass is 10.2. The summed E-state index contributed by atoms with van der Waals surface area (Å²) < 4.78 is 0. The van der Waals surface area contributed by atoms with Crippen LogP contribution in [0.5, 0.6) is 0 Å². The molecule has 0 spiro atoms. The van der Waals surface area contributed by atoms with E-state index in [0.717, 1.165) is 0 Å². The van der Waals surface area contributed by atoms with E-state index >= 15 is 0 Å². The number of rotatable bonds is 6. The molecule has 5 N–H and O–H groups in total. The molecule has 0 atom stereocenters. The summed E-state index contributed by atoms with van der Waals surface area (Å²) in [5, 5.41) is 16.4. The van der Waals surface area contributed by atoms with Gasteiger partial charge in [-0.15, -0.1) is 0 Å². The highest BCUT2D eigenvalue weighted by atomic mass is 16.6. The number of nitrogens with one attached hydrogen (secondary N) is 3. The third-order valence-corrected chi connectivity index (χ3v) is 2.26. The average molecular weight is 267 g/mol. The standard InChI is InChI=1S/C11H17N5O3/c1-7(2)14-10(17)6-13-8-4-3-5-9(15-12)11(8)16(18)19/h3-5,7,13,15H,6,12H2,1-2H3,(H,14,17). The number of carbonyl (C=O) groups is 1. The molecule has 0 saturated carbocycles. The molecule has 8 nitrogen and oxygen atoms in total. The van der Waals surface area contributed by atoms with Crippen molar-refractivity contribution in [3.8, 4) is 0 Å². The minimum absolute atomic E-state index is 0.0151. The van der Waals surface area contributed by atoms with Crippen molar-refractivity contribution < 1.29 is 9.72 Å². The Labute approximate surface area is 110 Å². The number of hydrazine groups is 1. The number of hydrogen-bond acceptors (Lipinski definition) is 6. The van der Waals surface area contributed by atoms with E-state index in [4.69, 9.17) is 5.84 Å². The molecule has 0 unspecified atom stereocenters. The van der Waals surface area contributed by atoms with Gasteiger partial charge in [-0.25, -0.2) is 0 Å². The van der Waals surface area contributed by atoms with Crippen LogP contribution >= 0.6 is 0 Å². The highest BCUT2D eigenvalue weighted by Gasteiger charge is 2.19. The number of nitro groups is 1. The van der Waals surface area contributed by atoms with Crippen LogP contribution in [0.2, 0.25) is 0 Å². The predicted octanol–water partition coefficient (Wildman–Crippen LogP) is 0.817. The van der Waals surface area contributed by atoms with Gasteiger partial charge in [-0.05, 0) is 26.0 Å². The zero-order valence-electron chi connectivity index (χ0n) is 10.8. The molecule has 1 rings (SSSR count). The average Bonchev–Trinajstić information content (AvgIpc) is 2.34. The molecule has 0 fully saturated rings. The Morgan fingerprint density at radius 1 is 1.42 bits per heavy atom. The van der Waals surface area contributed by atoms with Gasteiger partial charge < -0.3 is 16.1 Å². The van der Waals surface area contributed by atoms with E-state index in [0.29, 0.717) is 0 Å². The van der Waals surface area contributed by atoms with Crippen molar-refractivity contribution in [3.05, 3.63) is 28.3 Å². The molecular weight excluding hydrogens is 250 g/mol. The maximum atomic E-state index is 11.5. The van der Waals surface area contributed by atoms with Crippen molar-refractivity contribution in [3.63, 3.8) is 0 Å². The van der Waals surface area contributed by atoms with Crippen LogP contribution in [0.15, 0.2) is 18.2 Å². The summed E-state index contributed by atoms with van der Waals surface area (Å²) in [4.78, 5) is 21.9. The predicted molar refractivity (Wildman–Crippen MR) is 72.7 cm³/mol. The molecule has 0 radical (unpaired) electrons. The number of nitrogens with zero attached hydrogens (tertiary/aromatic N) is 1. The van der Waals surface area contributed by atoms with Crippen LogP contribution in [0.4, 0.5) is 17.1 Å². The number of nitrogens with two attached hydrogens (primary N) is 1. The Morgan fingerprint density at radius 3 is 2.58 bits per heavy atom. The first-order valence-corrected chi connectivity index (χ1v) is 5.73. The molecule has 0 aliphatic heterocycles. The maximum absolute atomic E-state index is 11.5. The van der Waals surface area contributed by atoms with Crippen LogP contribution in [0.3, 0.4) is 0 Å². The van der Waals surface area contributed by atoms with Crippen LogP contribution in [0, 0.1) is 10.1 Å². The monoisotopic (exact) mass is 267 g/mol. The quantitative estimate of drug-likeness (QED) is 0.344. The first kappa shape index (κ1) is 14.7. The molecule has 0 bridgehead atoms. The van der Waals surface area contributed by atoms with E-state index in [1.54, 1.807) is 6.07 Å². The van der Waals surface area contributed by atoms with Crippen molar-refractivity contribution in [1.29, 1.82) is 0 Å². The Bertz CT molecular complexity index is 475. The van der Waals surface area contributed by atoms with Crippen LogP contribution in [-0.4, -0.2) is 23.4 Å². The van der Waals surface area contributed by atoms with Crippen molar-refractivity contribution >= 4 is 23.0 Å². The fourth-order valence-corrected chi connectivity index (χ4v) is 1.55. The van der Waals surface area contributed by atoms with Gasteiger partial charge in [-0.1, -0.05) is 6.07 Å². The van der Waals surface area contributed by atoms with Crippen LogP contribution in [-0.2, 0) is 4.79 Å². The van der Waals surface area contributed by atoms with E-state index in [-0.39, 0.29) is 35.6 Å². The normalized spacial score (nSPS) is 10.1. The van der Waals surface area contributed by atoms with Gasteiger partial charge in [-0.2, -0.15) is 0 Å². The fourth-order valence-electron chi connectivity index (χ4n) is 1.55. The number of nitro benzene ring substituents is 1. The summed E-state index contributed by atoms with van der Waals surface area (Å²) in [6.07, 6.45) is 0. The van der Waals surface area contributed by atoms with Gasteiger partial charge in [-0.3, -0.25) is 20.8 Å². The summed E-state index contributed by atoms with van der Waals surface area (Å²) in [5.74, 6) is 4.98. The zero-order valence-corrected chi connectivity index (χ0v) is 10.8. The zero-order chi connectivity index (χ0) is 14.4. The van der Waals surface area contributed by atoms with E-state index in [9.17, 15) is 14.9 Å². The van der Waals surface area contributed by atoms with Gasteiger partial charge in [0.25, 0.3) is 0 Å². The van der Waals surface area contributed by atoms with Crippen molar-refractivity contribution in [1.82, 2.24) is 5.32 Å². The van der Waals surface area contributed by atoms with Gasteiger partial charge in [0, 0.05) is 6.04 Å². The summed E-state index contributed by atoms with van der Waals surface area (Å²) in [6.45, 7) is 3.62. The van der Waals surface area contributed by atoms with Gasteiger partial charge in [0.2, 0.25) is 5.91 Å². The second kappa shape index (κ2) is 6.55. The Kier molecular flexibility index (Phi) is 5.07. The molecule has 0 heterocycles. The molecule has 104 valence electrons.